The maximum Gasteiger partial charge on any atom is 0.0897 e. The molecule has 2 nitrogen and oxygen atoms in total. The van der Waals surface area contributed by atoms with E-state index in [1.54, 1.807) is 24.3 Å². The Morgan fingerprint density at radius 2 is 0.941 bits per heavy atom. The number of nitrogens with zero attached hydrogens (tertiary/aromatic N) is 2. The summed E-state index contributed by atoms with van der Waals surface area (Å²) in [4.78, 5) is 10.0. The van der Waals surface area contributed by atoms with Crippen molar-refractivity contribution >= 4 is 93.5 Å². The van der Waals surface area contributed by atoms with Crippen molar-refractivity contribution in [2.45, 2.75) is 10.5 Å². The molecule has 1 aromatic heterocycles. The summed E-state index contributed by atoms with van der Waals surface area (Å²) in [6.45, 7) is 0. The first-order valence-electron chi connectivity index (χ1n) is 10.3. The van der Waals surface area contributed by atoms with E-state index >= 15 is 0 Å². The smallest absolute Gasteiger partial charge is 0.0897 e. The number of thiol groups is 2. The molecule has 0 N–H and O–H groups in total. The van der Waals surface area contributed by atoms with Gasteiger partial charge in [0.05, 0.1) is 53.0 Å². The van der Waals surface area contributed by atoms with E-state index in [4.69, 9.17) is 81.6 Å². The van der Waals surface area contributed by atoms with Crippen molar-refractivity contribution in [3.63, 3.8) is 0 Å². The van der Waals surface area contributed by atoms with E-state index < -0.39 is 10.5 Å². The molecule has 5 aromatic rings. The van der Waals surface area contributed by atoms with Crippen LogP contribution in [0, 0.1) is 0 Å². The van der Waals surface area contributed by atoms with Crippen LogP contribution in [-0.4, -0.2) is 9.97 Å². The van der Waals surface area contributed by atoms with Gasteiger partial charge in [-0.25, -0.2) is 9.97 Å². The number of rotatable bonds is 4. The molecule has 0 bridgehead atoms. The lowest BCUT2D eigenvalue weighted by Gasteiger charge is -2.20. The minimum absolute atomic E-state index is 0.412. The van der Waals surface area contributed by atoms with Gasteiger partial charge in [-0.05, 0) is 58.3 Å². The lowest BCUT2D eigenvalue weighted by atomic mass is 10.0. The molecular formula is C26H16Cl4N2S2. The summed E-state index contributed by atoms with van der Waals surface area (Å²) in [5.41, 5.74) is 4.59. The quantitative estimate of drug-likeness (QED) is 0.169. The fourth-order valence-corrected chi connectivity index (χ4v) is 5.17. The van der Waals surface area contributed by atoms with E-state index in [0.717, 1.165) is 32.9 Å². The molecule has 1 heterocycles. The van der Waals surface area contributed by atoms with E-state index in [1.165, 1.54) is 0 Å². The third-order valence-electron chi connectivity index (χ3n) is 5.62. The lowest BCUT2D eigenvalue weighted by Crippen LogP contribution is -2.09. The second-order valence-electron chi connectivity index (χ2n) is 7.83. The highest BCUT2D eigenvalue weighted by molar-refractivity contribution is 7.81. The van der Waals surface area contributed by atoms with Crippen LogP contribution in [0.1, 0.15) is 33.0 Å². The molecule has 2 unspecified atom stereocenters. The van der Waals surface area contributed by atoms with Crippen LogP contribution < -0.4 is 0 Å². The Morgan fingerprint density at radius 1 is 0.529 bits per heavy atom. The first-order valence-corrected chi connectivity index (χ1v) is 12.8. The van der Waals surface area contributed by atoms with E-state index in [0.29, 0.717) is 31.5 Å². The summed E-state index contributed by atoms with van der Waals surface area (Å²) in [6.07, 6.45) is 0. The lowest BCUT2D eigenvalue weighted by molar-refractivity contribution is 0.951. The highest BCUT2D eigenvalue weighted by Gasteiger charge is 2.24. The summed E-state index contributed by atoms with van der Waals surface area (Å²) < 4.78 is 0. The molecule has 0 amide bonds. The average molecular weight is 562 g/mol. The van der Waals surface area contributed by atoms with E-state index in [2.05, 4.69) is 12.1 Å². The molecule has 0 spiro atoms. The molecule has 34 heavy (non-hydrogen) atoms. The van der Waals surface area contributed by atoms with Crippen LogP contribution in [0.5, 0.6) is 0 Å². The molecule has 170 valence electrons. The highest BCUT2D eigenvalue weighted by atomic mass is 35.5. The van der Waals surface area contributed by atoms with Gasteiger partial charge in [-0.3, -0.25) is 0 Å². The topological polar surface area (TPSA) is 25.8 Å². The van der Waals surface area contributed by atoms with Crippen LogP contribution in [0.15, 0.2) is 72.8 Å². The Kier molecular flexibility index (Phi) is 6.91. The molecule has 2 atom stereocenters. The van der Waals surface area contributed by atoms with Gasteiger partial charge in [0.15, 0.2) is 0 Å². The minimum Gasteiger partial charge on any atom is -0.248 e. The van der Waals surface area contributed by atoms with Crippen LogP contribution in [0.4, 0.5) is 0 Å². The second-order valence-corrected chi connectivity index (χ2v) is 10.5. The molecule has 4 aromatic carbocycles. The zero-order chi connectivity index (χ0) is 24.0. The Hall–Kier alpha value is -1.66. The van der Waals surface area contributed by atoms with Gasteiger partial charge < -0.3 is 0 Å². The largest absolute Gasteiger partial charge is 0.248 e. The van der Waals surface area contributed by atoms with Crippen molar-refractivity contribution in [2.75, 3.05) is 0 Å². The molecule has 0 fully saturated rings. The summed E-state index contributed by atoms with van der Waals surface area (Å²) >= 11 is 34.7. The van der Waals surface area contributed by atoms with E-state index in [9.17, 15) is 0 Å². The number of aromatic nitrogens is 2. The third kappa shape index (κ3) is 4.60. The molecule has 0 aliphatic rings. The Labute approximate surface area is 228 Å². The van der Waals surface area contributed by atoms with Crippen molar-refractivity contribution in [1.29, 1.82) is 0 Å². The molecule has 0 radical (unpaired) electrons. The number of benzene rings is 4. The highest BCUT2D eigenvalue weighted by Crippen LogP contribution is 2.40. The molecule has 8 heteroatoms. The van der Waals surface area contributed by atoms with Crippen molar-refractivity contribution < 1.29 is 0 Å². The summed E-state index contributed by atoms with van der Waals surface area (Å²) in [6, 6.07) is 23.0. The van der Waals surface area contributed by atoms with Gasteiger partial charge in [0, 0.05) is 0 Å². The predicted molar refractivity (Wildman–Crippen MR) is 152 cm³/mol. The SMILES string of the molecule is SC(c1ccc(Cl)c(Cl)c1)c1nc2cc3ccccc3cc2nc1C(S)c1ccc(Cl)c(Cl)c1. The van der Waals surface area contributed by atoms with Crippen LogP contribution in [0.2, 0.25) is 20.1 Å². The average Bonchev–Trinajstić information content (AvgIpc) is 2.84. The fraction of sp³-hybridized carbons (Fsp3) is 0.0769. The molecule has 5 rings (SSSR count). The van der Waals surface area contributed by atoms with Crippen molar-refractivity contribution in [3.8, 4) is 0 Å². The van der Waals surface area contributed by atoms with Crippen molar-refractivity contribution in [1.82, 2.24) is 9.97 Å². The Bertz CT molecular complexity index is 1440. The van der Waals surface area contributed by atoms with Gasteiger partial charge in [-0.15, -0.1) is 0 Å². The van der Waals surface area contributed by atoms with E-state index in [-0.39, 0.29) is 0 Å². The number of hydrogen-bond acceptors (Lipinski definition) is 4. The fourth-order valence-electron chi connectivity index (χ4n) is 3.85. The van der Waals surface area contributed by atoms with Gasteiger partial charge in [0.2, 0.25) is 0 Å². The maximum atomic E-state index is 6.29. The third-order valence-corrected chi connectivity index (χ3v) is 8.19. The molecule has 0 saturated carbocycles. The van der Waals surface area contributed by atoms with Crippen LogP contribution in [-0.2, 0) is 0 Å². The van der Waals surface area contributed by atoms with Gasteiger partial charge in [0.25, 0.3) is 0 Å². The summed E-state index contributed by atoms with van der Waals surface area (Å²) in [5.74, 6) is 0. The standard InChI is InChI=1S/C26H16Cl4N2S2/c27-17-7-5-15(9-19(17)29)25(33)23-24(26(34)16-6-8-18(28)20(30)10-16)32-22-12-14-4-2-1-3-13(14)11-21(22)31-23/h1-12,25-26,33-34H. The first kappa shape index (κ1) is 24.1. The Balaban J connectivity index is 1.73. The molecule has 0 aliphatic carbocycles. The monoisotopic (exact) mass is 560 g/mol. The number of fused-ring (bicyclic) bond motifs is 2. The molecular weight excluding hydrogens is 546 g/mol. The number of halogens is 4. The Morgan fingerprint density at radius 3 is 1.32 bits per heavy atom. The van der Waals surface area contributed by atoms with Gasteiger partial charge in [-0.1, -0.05) is 82.8 Å². The van der Waals surface area contributed by atoms with E-state index in [1.807, 2.05) is 36.4 Å². The zero-order valence-electron chi connectivity index (χ0n) is 17.4. The molecule has 0 aliphatic heterocycles. The van der Waals surface area contributed by atoms with Gasteiger partial charge in [-0.2, -0.15) is 25.3 Å². The summed E-state index contributed by atoms with van der Waals surface area (Å²) in [5, 5.41) is 3.20. The van der Waals surface area contributed by atoms with Crippen LogP contribution in [0.25, 0.3) is 21.8 Å². The first-order chi connectivity index (χ1) is 16.3. The minimum atomic E-state index is -0.412. The predicted octanol–water partition coefficient (Wildman–Crippen LogP) is 9.43. The molecule has 0 saturated heterocycles. The normalized spacial score (nSPS) is 13.4. The maximum absolute atomic E-state index is 6.29. The zero-order valence-corrected chi connectivity index (χ0v) is 22.2. The van der Waals surface area contributed by atoms with Crippen LogP contribution >= 0.6 is 71.7 Å². The van der Waals surface area contributed by atoms with Gasteiger partial charge in [0.1, 0.15) is 0 Å². The summed E-state index contributed by atoms with van der Waals surface area (Å²) in [7, 11) is 0. The van der Waals surface area contributed by atoms with Gasteiger partial charge >= 0.3 is 0 Å². The number of hydrogen-bond donors (Lipinski definition) is 2. The van der Waals surface area contributed by atoms with Crippen molar-refractivity contribution in [3.05, 3.63) is 115 Å². The van der Waals surface area contributed by atoms with Crippen molar-refractivity contribution in [2.24, 2.45) is 0 Å². The second kappa shape index (κ2) is 9.77. The van der Waals surface area contributed by atoms with Crippen LogP contribution in [0.3, 0.4) is 0 Å².